The molecule has 0 atom stereocenters. The van der Waals surface area contributed by atoms with Crippen LogP contribution in [-0.4, -0.2) is 26.6 Å². The number of benzene rings is 1. The second-order valence-corrected chi connectivity index (χ2v) is 7.85. The van der Waals surface area contributed by atoms with E-state index in [4.69, 9.17) is 5.73 Å². The summed E-state index contributed by atoms with van der Waals surface area (Å²) in [6.07, 6.45) is -3.12. The van der Waals surface area contributed by atoms with Crippen molar-refractivity contribution in [2.45, 2.75) is 39.0 Å². The van der Waals surface area contributed by atoms with Crippen molar-refractivity contribution in [1.82, 2.24) is 14.1 Å². The number of hydrogen-bond acceptors (Lipinski definition) is 5. The van der Waals surface area contributed by atoms with Gasteiger partial charge in [-0.1, -0.05) is 43.7 Å². The predicted molar refractivity (Wildman–Crippen MR) is 124 cm³/mol. The van der Waals surface area contributed by atoms with E-state index < -0.39 is 41.0 Å². The molecule has 3 aromatic rings. The lowest BCUT2D eigenvalue weighted by Gasteiger charge is -2.25. The third-order valence-electron chi connectivity index (χ3n) is 5.32. The number of nitrogen functional groups attached to an aromatic ring is 1. The molecule has 3 N–H and O–H groups in total. The number of rotatable bonds is 8. The maximum Gasteiger partial charge on any atom is 0.417 e. The minimum atomic E-state index is -4.71. The smallest absolute Gasteiger partial charge is 0.383 e. The fourth-order valence-corrected chi connectivity index (χ4v) is 3.49. The van der Waals surface area contributed by atoms with E-state index in [0.717, 1.165) is 9.47 Å². The Kier molecular flexibility index (Phi) is 7.62. The molecule has 1 amide bonds. The van der Waals surface area contributed by atoms with Crippen molar-refractivity contribution in [1.29, 1.82) is 0 Å². The van der Waals surface area contributed by atoms with Gasteiger partial charge in [-0.2, -0.15) is 13.2 Å². The lowest BCUT2D eigenvalue weighted by molar-refractivity contribution is -0.138. The van der Waals surface area contributed by atoms with Gasteiger partial charge in [-0.15, -0.1) is 0 Å². The van der Waals surface area contributed by atoms with Crippen molar-refractivity contribution in [2.75, 3.05) is 17.2 Å². The van der Waals surface area contributed by atoms with Gasteiger partial charge in [0.05, 0.1) is 12.1 Å². The Hall–Kier alpha value is -4.09. The molecule has 0 radical (unpaired) electrons. The van der Waals surface area contributed by atoms with Crippen LogP contribution >= 0.6 is 0 Å². The Bertz CT molecular complexity index is 1380. The van der Waals surface area contributed by atoms with E-state index in [1.54, 1.807) is 30.3 Å². The van der Waals surface area contributed by atoms with Gasteiger partial charge in [0.2, 0.25) is 5.91 Å². The van der Waals surface area contributed by atoms with Gasteiger partial charge >= 0.3 is 11.9 Å². The fourth-order valence-electron chi connectivity index (χ4n) is 3.49. The highest BCUT2D eigenvalue weighted by molar-refractivity contribution is 5.95. The number of carbonyl (C=O) groups excluding carboxylic acids is 1. The van der Waals surface area contributed by atoms with Gasteiger partial charge in [0.1, 0.15) is 12.4 Å². The monoisotopic (exact) mass is 491 g/mol. The first-order valence-electron chi connectivity index (χ1n) is 10.8. The molecule has 3 rings (SSSR count). The number of amides is 1. The van der Waals surface area contributed by atoms with Crippen LogP contribution in [0.1, 0.15) is 30.9 Å². The van der Waals surface area contributed by atoms with Gasteiger partial charge in [0.15, 0.2) is 5.69 Å². The highest BCUT2D eigenvalue weighted by Crippen LogP contribution is 2.28. The summed E-state index contributed by atoms with van der Waals surface area (Å²) >= 11 is 0. The summed E-state index contributed by atoms with van der Waals surface area (Å²) < 4.78 is 41.0. The van der Waals surface area contributed by atoms with Crippen molar-refractivity contribution < 1.29 is 18.0 Å². The third-order valence-corrected chi connectivity index (χ3v) is 5.32. The standard InChI is InChI=1S/C23H24F3N5O4/c1-2-3-11-30(18(33)14-29-13-16(23(24,25)26)9-10-17(29)32)19-20(27)31(22(35)28-21(19)34)12-15-7-5-4-6-8-15/h4-10,13H,2-3,11-12,14,27H2,1H3,(H,28,34,35). The average molecular weight is 491 g/mol. The second-order valence-electron chi connectivity index (χ2n) is 7.85. The van der Waals surface area contributed by atoms with Crippen LogP contribution in [0.25, 0.3) is 0 Å². The Balaban J connectivity index is 2.05. The largest absolute Gasteiger partial charge is 0.417 e. The van der Waals surface area contributed by atoms with Crippen LogP contribution in [0.2, 0.25) is 0 Å². The molecular formula is C23H24F3N5O4. The first-order chi connectivity index (χ1) is 16.5. The summed E-state index contributed by atoms with van der Waals surface area (Å²) in [6.45, 7) is 1.09. The Morgan fingerprint density at radius 3 is 2.40 bits per heavy atom. The summed E-state index contributed by atoms with van der Waals surface area (Å²) in [5.74, 6) is -1.11. The van der Waals surface area contributed by atoms with Crippen molar-refractivity contribution in [3.05, 3.63) is 91.0 Å². The number of carbonyl (C=O) groups is 1. The summed E-state index contributed by atoms with van der Waals surface area (Å²) in [4.78, 5) is 53.6. The number of alkyl halides is 3. The zero-order valence-electron chi connectivity index (χ0n) is 18.8. The number of unbranched alkanes of at least 4 members (excludes halogenated alkanes) is 1. The topological polar surface area (TPSA) is 123 Å². The van der Waals surface area contributed by atoms with Crippen molar-refractivity contribution >= 4 is 17.4 Å². The number of aromatic amines is 1. The molecular weight excluding hydrogens is 467 g/mol. The van der Waals surface area contributed by atoms with E-state index in [-0.39, 0.29) is 24.6 Å². The van der Waals surface area contributed by atoms with E-state index in [0.29, 0.717) is 41.3 Å². The zero-order valence-corrected chi connectivity index (χ0v) is 18.8. The normalized spacial score (nSPS) is 11.4. The molecule has 0 saturated heterocycles. The molecule has 0 fully saturated rings. The van der Waals surface area contributed by atoms with Crippen LogP contribution < -0.4 is 27.4 Å². The number of pyridine rings is 1. The average Bonchev–Trinajstić information content (AvgIpc) is 2.80. The molecule has 35 heavy (non-hydrogen) atoms. The molecule has 1 aromatic carbocycles. The molecule has 9 nitrogen and oxygen atoms in total. The van der Waals surface area contributed by atoms with Crippen molar-refractivity contribution in [3.8, 4) is 0 Å². The minimum absolute atomic E-state index is 0.000133. The predicted octanol–water partition coefficient (Wildman–Crippen LogP) is 2.18. The van der Waals surface area contributed by atoms with E-state index in [9.17, 15) is 32.3 Å². The van der Waals surface area contributed by atoms with Crippen LogP contribution in [0, 0.1) is 0 Å². The Labute approximate surface area is 197 Å². The first kappa shape index (κ1) is 25.5. The van der Waals surface area contributed by atoms with E-state index >= 15 is 0 Å². The van der Waals surface area contributed by atoms with Gasteiger partial charge in [-0.05, 0) is 18.1 Å². The van der Waals surface area contributed by atoms with Crippen LogP contribution in [0.4, 0.5) is 24.7 Å². The first-order valence-corrected chi connectivity index (χ1v) is 10.8. The Morgan fingerprint density at radius 2 is 1.77 bits per heavy atom. The van der Waals surface area contributed by atoms with Crippen LogP contribution in [-0.2, 0) is 24.1 Å². The lowest BCUT2D eigenvalue weighted by Crippen LogP contribution is -2.43. The highest BCUT2D eigenvalue weighted by atomic mass is 19.4. The number of aromatic nitrogens is 3. The molecule has 0 aliphatic rings. The van der Waals surface area contributed by atoms with Gasteiger partial charge in [-0.3, -0.25) is 23.9 Å². The maximum absolute atomic E-state index is 13.2. The number of anilines is 2. The van der Waals surface area contributed by atoms with Crippen molar-refractivity contribution in [2.24, 2.45) is 0 Å². The molecule has 0 aliphatic carbocycles. The molecule has 0 saturated carbocycles. The molecule has 2 aromatic heterocycles. The molecule has 186 valence electrons. The van der Waals surface area contributed by atoms with Gasteiger partial charge in [0.25, 0.3) is 11.1 Å². The molecule has 0 aliphatic heterocycles. The number of nitrogens with one attached hydrogen (secondary N) is 1. The number of nitrogens with zero attached hydrogens (tertiary/aromatic N) is 3. The number of hydrogen-bond donors (Lipinski definition) is 2. The molecule has 0 bridgehead atoms. The van der Waals surface area contributed by atoms with Crippen LogP contribution in [0.5, 0.6) is 0 Å². The van der Waals surface area contributed by atoms with Crippen molar-refractivity contribution in [3.63, 3.8) is 0 Å². The molecule has 0 spiro atoms. The Morgan fingerprint density at radius 1 is 1.09 bits per heavy atom. The summed E-state index contributed by atoms with van der Waals surface area (Å²) in [5, 5.41) is 0. The third kappa shape index (κ3) is 5.89. The fraction of sp³-hybridized carbons (Fsp3) is 0.304. The second kappa shape index (κ2) is 10.5. The van der Waals surface area contributed by atoms with E-state index in [1.165, 1.54) is 0 Å². The SMILES string of the molecule is CCCCN(C(=O)Cn1cc(C(F)(F)F)ccc1=O)c1c(N)n(Cc2ccccc2)c(=O)[nH]c1=O. The molecule has 2 heterocycles. The quantitative estimate of drug-likeness (QED) is 0.500. The number of halogens is 3. The maximum atomic E-state index is 13.2. The van der Waals surface area contributed by atoms with Crippen LogP contribution in [0.3, 0.4) is 0 Å². The number of H-pyrrole nitrogens is 1. The van der Waals surface area contributed by atoms with Gasteiger partial charge in [0, 0.05) is 18.8 Å². The van der Waals surface area contributed by atoms with Gasteiger partial charge < -0.3 is 15.2 Å². The summed E-state index contributed by atoms with van der Waals surface area (Å²) in [6, 6.07) is 10.1. The molecule has 0 unspecified atom stereocenters. The lowest BCUT2D eigenvalue weighted by atomic mass is 10.2. The minimum Gasteiger partial charge on any atom is -0.383 e. The zero-order chi connectivity index (χ0) is 25.8. The van der Waals surface area contributed by atoms with Crippen LogP contribution in [0.15, 0.2) is 63.0 Å². The van der Waals surface area contributed by atoms with Gasteiger partial charge in [-0.25, -0.2) is 4.79 Å². The van der Waals surface area contributed by atoms with E-state index in [2.05, 4.69) is 4.98 Å². The van der Waals surface area contributed by atoms with E-state index in [1.807, 2.05) is 6.92 Å². The summed E-state index contributed by atoms with van der Waals surface area (Å²) in [5.41, 5.74) is 2.96. The number of nitrogens with two attached hydrogens (primary N) is 1. The highest BCUT2D eigenvalue weighted by Gasteiger charge is 2.31. The summed E-state index contributed by atoms with van der Waals surface area (Å²) in [7, 11) is 0. The molecule has 12 heteroatoms.